The maximum absolute atomic E-state index is 12.1. The summed E-state index contributed by atoms with van der Waals surface area (Å²) in [5, 5.41) is 8.92. The number of sulfonamides is 1. The monoisotopic (exact) mass is 538 g/mol. The summed E-state index contributed by atoms with van der Waals surface area (Å²) in [5.74, 6) is 1.93. The van der Waals surface area contributed by atoms with Crippen LogP contribution in [-0.4, -0.2) is 36.6 Å². The highest BCUT2D eigenvalue weighted by atomic mass is 32.2. The van der Waals surface area contributed by atoms with Gasteiger partial charge in [-0.25, -0.2) is 13.4 Å². The molecule has 1 unspecified atom stereocenters. The number of aromatic nitrogens is 1. The Kier molecular flexibility index (Phi) is 7.02. The van der Waals surface area contributed by atoms with Crippen molar-refractivity contribution in [2.45, 2.75) is 56.5 Å². The van der Waals surface area contributed by atoms with Crippen LogP contribution < -0.4 is 18.9 Å². The average Bonchev–Trinajstić information content (AvgIpc) is 3.39. The van der Waals surface area contributed by atoms with Crippen molar-refractivity contribution in [3.63, 3.8) is 0 Å². The van der Waals surface area contributed by atoms with Crippen LogP contribution in [0.1, 0.15) is 61.2 Å². The molecule has 2 N–H and O–H groups in total. The number of hydrogen-bond donors (Lipinski definition) is 2. The van der Waals surface area contributed by atoms with Crippen molar-refractivity contribution in [3.8, 4) is 23.1 Å². The van der Waals surface area contributed by atoms with Crippen molar-refractivity contribution in [1.82, 2.24) is 9.71 Å². The molecule has 0 bridgehead atoms. The zero-order valence-corrected chi connectivity index (χ0v) is 22.0. The van der Waals surface area contributed by atoms with Crippen LogP contribution in [-0.2, 0) is 21.2 Å². The molecule has 1 aromatic heterocycles. The smallest absolute Gasteiger partial charge is 0.242 e. The van der Waals surface area contributed by atoms with Crippen LogP contribution >= 0.6 is 0 Å². The topological polar surface area (TPSA) is 124 Å². The summed E-state index contributed by atoms with van der Waals surface area (Å²) in [5.41, 5.74) is 1.88. The first-order valence-corrected chi connectivity index (χ1v) is 14.0. The molecule has 0 saturated carbocycles. The Morgan fingerprint density at radius 3 is 2.50 bits per heavy atom. The molecule has 1 saturated heterocycles. The van der Waals surface area contributed by atoms with E-state index in [0.717, 1.165) is 29.7 Å². The molecule has 2 aromatic carbocycles. The number of nitrogens with zero attached hydrogens (tertiary/aromatic N) is 1. The molecule has 2 atom stereocenters. The van der Waals surface area contributed by atoms with E-state index in [-0.39, 0.29) is 12.5 Å². The van der Waals surface area contributed by atoms with Crippen molar-refractivity contribution < 1.29 is 32.5 Å². The second-order valence-corrected chi connectivity index (χ2v) is 12.0. The van der Waals surface area contributed by atoms with Gasteiger partial charge >= 0.3 is 0 Å². The van der Waals surface area contributed by atoms with E-state index in [1.165, 1.54) is 0 Å². The lowest BCUT2D eigenvalue weighted by molar-refractivity contribution is -0.118. The van der Waals surface area contributed by atoms with E-state index < -0.39 is 26.8 Å². The van der Waals surface area contributed by atoms with Gasteiger partial charge < -0.3 is 19.3 Å². The highest BCUT2D eigenvalue weighted by Crippen LogP contribution is 2.41. The quantitative estimate of drug-likeness (QED) is 0.412. The summed E-state index contributed by atoms with van der Waals surface area (Å²) < 4.78 is 44.3. The molecular formula is C28H30N2O7S. The Morgan fingerprint density at radius 1 is 1.08 bits per heavy atom. The summed E-state index contributed by atoms with van der Waals surface area (Å²) in [4.78, 5) is 15.8. The first-order chi connectivity index (χ1) is 18.1. The van der Waals surface area contributed by atoms with Gasteiger partial charge in [0.2, 0.25) is 21.8 Å². The normalized spacial score (nSPS) is 20.0. The second kappa shape index (κ2) is 10.3. The van der Waals surface area contributed by atoms with E-state index in [9.17, 15) is 18.3 Å². The molecule has 10 heteroatoms. The molecule has 0 spiro atoms. The fraction of sp³-hybridized carbons (Fsp3) is 0.357. The van der Waals surface area contributed by atoms with E-state index in [2.05, 4.69) is 4.98 Å². The third-order valence-electron chi connectivity index (χ3n) is 6.61. The lowest BCUT2D eigenvalue weighted by Crippen LogP contribution is -2.21. The highest BCUT2D eigenvalue weighted by molar-refractivity contribution is 7.90. The third kappa shape index (κ3) is 5.92. The van der Waals surface area contributed by atoms with E-state index >= 15 is 0 Å². The van der Waals surface area contributed by atoms with Crippen LogP contribution in [0.25, 0.3) is 0 Å². The number of hydrogen-bond acceptors (Lipinski definition) is 8. The molecule has 9 nitrogen and oxygen atoms in total. The van der Waals surface area contributed by atoms with Gasteiger partial charge in [-0.1, -0.05) is 24.3 Å². The Morgan fingerprint density at radius 2 is 1.84 bits per heavy atom. The van der Waals surface area contributed by atoms with E-state index in [0.29, 0.717) is 36.0 Å². The minimum atomic E-state index is -3.68. The lowest BCUT2D eigenvalue weighted by atomic mass is 10.1. The van der Waals surface area contributed by atoms with Gasteiger partial charge in [-0.2, -0.15) is 0 Å². The predicted octanol–water partition coefficient (Wildman–Crippen LogP) is 4.37. The minimum absolute atomic E-state index is 0.0748. The van der Waals surface area contributed by atoms with E-state index in [4.69, 9.17) is 14.2 Å². The van der Waals surface area contributed by atoms with Gasteiger partial charge in [0.25, 0.3) is 0 Å². The molecule has 5 rings (SSSR count). The molecular weight excluding hydrogens is 508 g/mol. The number of pyridine rings is 1. The van der Waals surface area contributed by atoms with Crippen molar-refractivity contribution >= 4 is 15.9 Å². The van der Waals surface area contributed by atoms with E-state index in [1.54, 1.807) is 56.4 Å². The van der Waals surface area contributed by atoms with Crippen molar-refractivity contribution in [2.24, 2.45) is 0 Å². The van der Waals surface area contributed by atoms with Gasteiger partial charge in [-0.15, -0.1) is 0 Å². The maximum Gasteiger partial charge on any atom is 0.242 e. The zero-order valence-electron chi connectivity index (χ0n) is 21.2. The van der Waals surface area contributed by atoms with Crippen LogP contribution in [0.5, 0.6) is 23.1 Å². The summed E-state index contributed by atoms with van der Waals surface area (Å²) in [7, 11) is -3.68. The van der Waals surface area contributed by atoms with Crippen molar-refractivity contribution in [1.29, 1.82) is 0 Å². The third-order valence-corrected chi connectivity index (χ3v) is 8.31. The molecule has 3 aromatic rings. The molecule has 200 valence electrons. The molecule has 2 aliphatic rings. The first kappa shape index (κ1) is 26.0. The summed E-state index contributed by atoms with van der Waals surface area (Å²) in [6.07, 6.45) is 3.43. The van der Waals surface area contributed by atoms with Gasteiger partial charge in [-0.3, -0.25) is 9.52 Å². The fourth-order valence-corrected chi connectivity index (χ4v) is 6.05. The number of rotatable bonds is 9. The predicted molar refractivity (Wildman–Crippen MR) is 140 cm³/mol. The largest absolute Gasteiger partial charge is 0.486 e. The average molecular weight is 539 g/mol. The van der Waals surface area contributed by atoms with Gasteiger partial charge in [-0.05, 0) is 62.1 Å². The van der Waals surface area contributed by atoms with Gasteiger partial charge in [0, 0.05) is 18.1 Å². The van der Waals surface area contributed by atoms with Gasteiger partial charge in [0.05, 0.1) is 24.8 Å². The molecule has 1 aliphatic carbocycles. The number of carbonyl (C=O) groups is 1. The first-order valence-electron chi connectivity index (χ1n) is 12.5. The molecule has 38 heavy (non-hydrogen) atoms. The Hall–Kier alpha value is -3.63. The molecule has 1 aliphatic heterocycles. The van der Waals surface area contributed by atoms with Gasteiger partial charge in [0.15, 0.2) is 0 Å². The SMILES string of the molecule is CC(C)(O)CCOc1ccc(Oc2cccc3c2CC[C@H]3Oc2ccc(C3CC(=O)NS3(=O)=O)cc2)cn1. The van der Waals surface area contributed by atoms with Crippen LogP contribution in [0.3, 0.4) is 0 Å². The number of aliphatic hydroxyl groups is 1. The van der Waals surface area contributed by atoms with Gasteiger partial charge in [0.1, 0.15) is 28.6 Å². The number of amides is 1. The van der Waals surface area contributed by atoms with Crippen molar-refractivity contribution in [3.05, 3.63) is 77.5 Å². The standard InChI is InChI=1S/C28H30N2O7S/c1-28(2,32)14-15-35-27-13-10-20(17-29-27)37-23-5-3-4-21-22(23)11-12-24(21)36-19-8-6-18(7-9-19)25-16-26(31)30-38(25,33)34/h3-10,13,17,24-25,32H,11-12,14-16H2,1-2H3,(H,30,31)/t24-,25?/m1/s1. The van der Waals surface area contributed by atoms with Crippen LogP contribution in [0, 0.1) is 0 Å². The van der Waals surface area contributed by atoms with Crippen LogP contribution in [0.15, 0.2) is 60.8 Å². The summed E-state index contributed by atoms with van der Waals surface area (Å²) in [6, 6.07) is 16.3. The van der Waals surface area contributed by atoms with Crippen LogP contribution in [0.4, 0.5) is 0 Å². The molecule has 1 amide bonds. The molecule has 0 radical (unpaired) electrons. The maximum atomic E-state index is 12.1. The number of ether oxygens (including phenoxy) is 3. The number of nitrogens with one attached hydrogen (secondary N) is 1. The molecule has 2 heterocycles. The Labute approximate surface area is 221 Å². The summed E-state index contributed by atoms with van der Waals surface area (Å²) >= 11 is 0. The highest BCUT2D eigenvalue weighted by Gasteiger charge is 2.37. The summed E-state index contributed by atoms with van der Waals surface area (Å²) in [6.45, 7) is 3.83. The Balaban J connectivity index is 1.23. The van der Waals surface area contributed by atoms with E-state index in [1.807, 2.05) is 22.9 Å². The number of benzene rings is 2. The van der Waals surface area contributed by atoms with Crippen LogP contribution in [0.2, 0.25) is 0 Å². The fourth-order valence-electron chi connectivity index (χ4n) is 4.62. The Bertz CT molecular complexity index is 1420. The zero-order chi connectivity index (χ0) is 26.9. The second-order valence-electron chi connectivity index (χ2n) is 10.1. The number of carbonyl (C=O) groups excluding carboxylic acids is 1. The number of fused-ring (bicyclic) bond motifs is 1. The molecule has 1 fully saturated rings. The van der Waals surface area contributed by atoms with Crippen molar-refractivity contribution in [2.75, 3.05) is 6.61 Å². The lowest BCUT2D eigenvalue weighted by Gasteiger charge is -2.17. The minimum Gasteiger partial charge on any atom is -0.486 e.